The van der Waals surface area contributed by atoms with Crippen LogP contribution < -0.4 is 10.6 Å². The first-order valence-corrected chi connectivity index (χ1v) is 11.2. The number of anilines is 1. The predicted molar refractivity (Wildman–Crippen MR) is 129 cm³/mol. The highest BCUT2D eigenvalue weighted by Gasteiger charge is 2.46. The molecule has 0 bridgehead atoms. The minimum atomic E-state index is -0.921. The number of halogens is 1. The molecule has 3 aromatic rings. The standard InChI is InChI=1S/C27H26FN3O4/c1-17-4-3-5-20(14-17)16-31-24(26(33)29-15-19-6-10-22(28)11-7-19)25(35-27(31)34)21-8-12-23(13-9-21)30-18(2)32/h3-14,24-25H,15-16H2,1-2H3,(H,29,33)(H,30,32). The summed E-state index contributed by atoms with van der Waals surface area (Å²) in [6, 6.07) is 19.5. The van der Waals surface area contributed by atoms with E-state index in [1.165, 1.54) is 24.0 Å². The zero-order valence-corrected chi connectivity index (χ0v) is 19.5. The molecular formula is C27H26FN3O4. The van der Waals surface area contributed by atoms with Crippen molar-refractivity contribution in [2.75, 3.05) is 5.32 Å². The normalized spacial score (nSPS) is 17.1. The number of rotatable bonds is 7. The second-order valence-electron chi connectivity index (χ2n) is 8.51. The fourth-order valence-corrected chi connectivity index (χ4v) is 4.07. The number of nitrogens with zero attached hydrogens (tertiary/aromatic N) is 1. The van der Waals surface area contributed by atoms with Crippen LogP contribution in [0.4, 0.5) is 14.9 Å². The van der Waals surface area contributed by atoms with Crippen LogP contribution in [0.5, 0.6) is 0 Å². The smallest absolute Gasteiger partial charge is 0.411 e. The number of nitrogens with one attached hydrogen (secondary N) is 2. The van der Waals surface area contributed by atoms with Crippen LogP contribution in [0.15, 0.2) is 72.8 Å². The van der Waals surface area contributed by atoms with Gasteiger partial charge in [-0.15, -0.1) is 0 Å². The van der Waals surface area contributed by atoms with Gasteiger partial charge in [-0.25, -0.2) is 9.18 Å². The molecule has 3 aromatic carbocycles. The SMILES string of the molecule is CC(=O)Nc1ccc(C2OC(=O)N(Cc3cccc(C)c3)C2C(=O)NCc2ccc(F)cc2)cc1. The molecule has 1 heterocycles. The summed E-state index contributed by atoms with van der Waals surface area (Å²) in [6.07, 6.45) is -1.43. The van der Waals surface area contributed by atoms with E-state index in [4.69, 9.17) is 4.74 Å². The molecule has 0 radical (unpaired) electrons. The van der Waals surface area contributed by atoms with E-state index < -0.39 is 18.2 Å². The van der Waals surface area contributed by atoms with Crippen molar-refractivity contribution in [2.45, 2.75) is 39.1 Å². The second kappa shape index (κ2) is 10.4. The summed E-state index contributed by atoms with van der Waals surface area (Å²) in [7, 11) is 0. The molecule has 180 valence electrons. The Labute approximate surface area is 202 Å². The van der Waals surface area contributed by atoms with Gasteiger partial charge in [-0.2, -0.15) is 0 Å². The van der Waals surface area contributed by atoms with Crippen molar-refractivity contribution in [1.82, 2.24) is 10.2 Å². The predicted octanol–water partition coefficient (Wildman–Crippen LogP) is 4.47. The number of aryl methyl sites for hydroxylation is 1. The van der Waals surface area contributed by atoms with Gasteiger partial charge in [-0.05, 0) is 47.9 Å². The van der Waals surface area contributed by atoms with Gasteiger partial charge in [0.15, 0.2) is 12.1 Å². The van der Waals surface area contributed by atoms with Crippen LogP contribution in [0.2, 0.25) is 0 Å². The summed E-state index contributed by atoms with van der Waals surface area (Å²) in [5.74, 6) is -0.946. The summed E-state index contributed by atoms with van der Waals surface area (Å²) >= 11 is 0. The van der Waals surface area contributed by atoms with Gasteiger partial charge < -0.3 is 15.4 Å². The fourth-order valence-electron chi connectivity index (χ4n) is 4.07. The molecule has 1 saturated heterocycles. The zero-order valence-electron chi connectivity index (χ0n) is 19.5. The third-order valence-electron chi connectivity index (χ3n) is 5.73. The van der Waals surface area contributed by atoms with Crippen molar-refractivity contribution in [3.05, 3.63) is 101 Å². The molecule has 0 spiro atoms. The Hall–Kier alpha value is -4.20. The number of ether oxygens (including phenoxy) is 1. The fraction of sp³-hybridized carbons (Fsp3) is 0.222. The van der Waals surface area contributed by atoms with Crippen molar-refractivity contribution in [3.63, 3.8) is 0 Å². The van der Waals surface area contributed by atoms with E-state index >= 15 is 0 Å². The average molecular weight is 476 g/mol. The Kier molecular flexibility index (Phi) is 7.10. The molecule has 35 heavy (non-hydrogen) atoms. The molecule has 0 aromatic heterocycles. The largest absolute Gasteiger partial charge is 0.438 e. The molecule has 7 nitrogen and oxygen atoms in total. The van der Waals surface area contributed by atoms with Crippen LogP contribution in [0.25, 0.3) is 0 Å². The average Bonchev–Trinajstić information content (AvgIpc) is 3.14. The van der Waals surface area contributed by atoms with E-state index in [0.717, 1.165) is 16.7 Å². The lowest BCUT2D eigenvalue weighted by molar-refractivity contribution is -0.126. The molecular weight excluding hydrogens is 449 g/mol. The molecule has 2 atom stereocenters. The maximum Gasteiger partial charge on any atom is 0.411 e. The number of amides is 3. The maximum atomic E-state index is 13.4. The summed E-state index contributed by atoms with van der Waals surface area (Å²) in [5.41, 5.74) is 3.87. The minimum absolute atomic E-state index is 0.177. The molecule has 4 rings (SSSR count). The third-order valence-corrected chi connectivity index (χ3v) is 5.73. The van der Waals surface area contributed by atoms with Gasteiger partial charge in [0.25, 0.3) is 0 Å². The van der Waals surface area contributed by atoms with E-state index in [0.29, 0.717) is 11.3 Å². The Morgan fingerprint density at radius 2 is 1.71 bits per heavy atom. The molecule has 2 unspecified atom stereocenters. The van der Waals surface area contributed by atoms with E-state index in [9.17, 15) is 18.8 Å². The molecule has 0 aliphatic carbocycles. The number of carbonyl (C=O) groups excluding carboxylic acids is 3. The second-order valence-corrected chi connectivity index (χ2v) is 8.51. The van der Waals surface area contributed by atoms with Gasteiger partial charge in [0.2, 0.25) is 11.8 Å². The van der Waals surface area contributed by atoms with Gasteiger partial charge in [0, 0.05) is 19.2 Å². The quantitative estimate of drug-likeness (QED) is 0.528. The molecule has 8 heteroatoms. The van der Waals surface area contributed by atoms with E-state index in [1.54, 1.807) is 36.4 Å². The van der Waals surface area contributed by atoms with Gasteiger partial charge in [0.05, 0.1) is 6.54 Å². The molecule has 1 aliphatic heterocycles. The molecule has 1 aliphatic rings. The van der Waals surface area contributed by atoms with Crippen molar-refractivity contribution in [1.29, 1.82) is 0 Å². The highest BCUT2D eigenvalue weighted by atomic mass is 19.1. The van der Waals surface area contributed by atoms with Crippen molar-refractivity contribution < 1.29 is 23.5 Å². The van der Waals surface area contributed by atoms with Crippen molar-refractivity contribution in [3.8, 4) is 0 Å². The highest BCUT2D eigenvalue weighted by Crippen LogP contribution is 2.34. The Morgan fingerprint density at radius 1 is 1.00 bits per heavy atom. The summed E-state index contributed by atoms with van der Waals surface area (Å²) in [5, 5.41) is 5.54. The Bertz CT molecular complexity index is 1230. The third kappa shape index (κ3) is 5.84. The van der Waals surface area contributed by atoms with E-state index in [2.05, 4.69) is 10.6 Å². The van der Waals surface area contributed by atoms with E-state index in [-0.39, 0.29) is 30.7 Å². The van der Waals surface area contributed by atoms with Crippen LogP contribution in [-0.4, -0.2) is 28.8 Å². The Balaban J connectivity index is 1.59. The van der Waals surface area contributed by atoms with E-state index in [1.807, 2.05) is 31.2 Å². The summed E-state index contributed by atoms with van der Waals surface area (Å²) in [4.78, 5) is 39.0. The Morgan fingerprint density at radius 3 is 2.37 bits per heavy atom. The van der Waals surface area contributed by atoms with Crippen molar-refractivity contribution >= 4 is 23.6 Å². The van der Waals surface area contributed by atoms with Crippen LogP contribution >= 0.6 is 0 Å². The number of hydrogen-bond acceptors (Lipinski definition) is 4. The first-order chi connectivity index (χ1) is 16.8. The van der Waals surface area contributed by atoms with Gasteiger partial charge in [-0.3, -0.25) is 14.5 Å². The lowest BCUT2D eigenvalue weighted by Crippen LogP contribution is -2.46. The lowest BCUT2D eigenvalue weighted by atomic mass is 10.00. The summed E-state index contributed by atoms with van der Waals surface area (Å²) < 4.78 is 18.9. The maximum absolute atomic E-state index is 13.4. The molecule has 2 N–H and O–H groups in total. The van der Waals surface area contributed by atoms with Crippen LogP contribution in [-0.2, 0) is 27.4 Å². The molecule has 3 amide bonds. The van der Waals surface area contributed by atoms with Crippen LogP contribution in [0.1, 0.15) is 35.3 Å². The van der Waals surface area contributed by atoms with Crippen molar-refractivity contribution in [2.24, 2.45) is 0 Å². The summed E-state index contributed by atoms with van der Waals surface area (Å²) in [6.45, 7) is 3.75. The lowest BCUT2D eigenvalue weighted by Gasteiger charge is -2.24. The first-order valence-electron chi connectivity index (χ1n) is 11.2. The number of hydrogen-bond donors (Lipinski definition) is 2. The zero-order chi connectivity index (χ0) is 24.9. The number of benzene rings is 3. The molecule has 0 saturated carbocycles. The topological polar surface area (TPSA) is 87.7 Å². The monoisotopic (exact) mass is 475 g/mol. The van der Waals surface area contributed by atoms with Gasteiger partial charge in [0.1, 0.15) is 5.82 Å². The van der Waals surface area contributed by atoms with Gasteiger partial charge in [-0.1, -0.05) is 54.1 Å². The number of carbonyl (C=O) groups is 3. The number of cyclic esters (lactones) is 1. The van der Waals surface area contributed by atoms with Gasteiger partial charge >= 0.3 is 6.09 Å². The molecule has 1 fully saturated rings. The van der Waals surface area contributed by atoms with Crippen LogP contribution in [0, 0.1) is 12.7 Å². The van der Waals surface area contributed by atoms with Crippen LogP contribution in [0.3, 0.4) is 0 Å². The first kappa shape index (κ1) is 23.9. The highest BCUT2D eigenvalue weighted by molar-refractivity contribution is 5.90. The minimum Gasteiger partial charge on any atom is -0.438 e.